The summed E-state index contributed by atoms with van der Waals surface area (Å²) in [7, 11) is 1.09. The van der Waals surface area contributed by atoms with Crippen LogP contribution in [0.2, 0.25) is 0 Å². The van der Waals surface area contributed by atoms with Crippen molar-refractivity contribution in [2.75, 3.05) is 13.6 Å². The van der Waals surface area contributed by atoms with E-state index < -0.39 is 35.9 Å². The van der Waals surface area contributed by atoms with Crippen LogP contribution in [0, 0.1) is 0 Å². The number of carboxylic acid groups (broad SMARTS) is 1. The van der Waals surface area contributed by atoms with Crippen molar-refractivity contribution in [2.45, 2.75) is 6.18 Å². The number of H-pyrrole nitrogens is 1. The molecule has 0 atom stereocenters. The molecule has 1 rings (SSSR count). The number of halogens is 3. The van der Waals surface area contributed by atoms with E-state index in [1.165, 1.54) is 0 Å². The molecule has 0 spiro atoms. The van der Waals surface area contributed by atoms with Crippen LogP contribution < -0.4 is 0 Å². The molecular formula is C8H8F3N3O3. The van der Waals surface area contributed by atoms with Gasteiger partial charge in [0.05, 0.1) is 11.8 Å². The van der Waals surface area contributed by atoms with Gasteiger partial charge in [-0.25, -0.2) is 0 Å². The van der Waals surface area contributed by atoms with E-state index in [1.54, 1.807) is 5.10 Å². The molecule has 1 heterocycles. The molecule has 0 aromatic carbocycles. The Labute approximate surface area is 93.0 Å². The van der Waals surface area contributed by atoms with Gasteiger partial charge in [0.25, 0.3) is 5.91 Å². The maximum absolute atomic E-state index is 12.4. The van der Waals surface area contributed by atoms with Crippen LogP contribution >= 0.6 is 0 Å². The number of alkyl halides is 3. The van der Waals surface area contributed by atoms with E-state index in [1.807, 2.05) is 0 Å². The summed E-state index contributed by atoms with van der Waals surface area (Å²) in [6.07, 6.45) is -4.03. The average Bonchev–Trinajstić information content (AvgIpc) is 2.62. The topological polar surface area (TPSA) is 86.3 Å². The molecule has 2 N–H and O–H groups in total. The fourth-order valence-corrected chi connectivity index (χ4v) is 1.14. The number of nitrogens with one attached hydrogen (secondary N) is 1. The first kappa shape index (κ1) is 13.0. The monoisotopic (exact) mass is 251 g/mol. The Balaban J connectivity index is 2.98. The predicted octanol–water partition coefficient (Wildman–Crippen LogP) is 0.585. The van der Waals surface area contributed by atoms with Crippen LogP contribution in [0.4, 0.5) is 13.2 Å². The van der Waals surface area contributed by atoms with Crippen LogP contribution in [0.5, 0.6) is 0 Å². The lowest BCUT2D eigenvalue weighted by molar-refractivity contribution is -0.141. The van der Waals surface area contributed by atoms with Crippen molar-refractivity contribution in [3.8, 4) is 0 Å². The first-order valence-corrected chi connectivity index (χ1v) is 4.31. The zero-order chi connectivity index (χ0) is 13.2. The van der Waals surface area contributed by atoms with Crippen molar-refractivity contribution in [2.24, 2.45) is 0 Å². The molecule has 0 saturated carbocycles. The summed E-state index contributed by atoms with van der Waals surface area (Å²) in [5.41, 5.74) is -2.00. The number of amides is 1. The molecule has 0 saturated heterocycles. The molecule has 0 aliphatic carbocycles. The van der Waals surface area contributed by atoms with Crippen LogP contribution in [0.3, 0.4) is 0 Å². The highest BCUT2D eigenvalue weighted by molar-refractivity contribution is 5.96. The summed E-state index contributed by atoms with van der Waals surface area (Å²) >= 11 is 0. The number of rotatable bonds is 3. The van der Waals surface area contributed by atoms with Crippen molar-refractivity contribution in [3.05, 3.63) is 17.5 Å². The third-order valence-electron chi connectivity index (χ3n) is 1.87. The van der Waals surface area contributed by atoms with Gasteiger partial charge < -0.3 is 10.0 Å². The van der Waals surface area contributed by atoms with Crippen molar-refractivity contribution in [1.82, 2.24) is 15.1 Å². The normalized spacial score (nSPS) is 11.3. The lowest BCUT2D eigenvalue weighted by Gasteiger charge is -2.14. The SMILES string of the molecule is CN(CC(=O)O)C(=O)c1cn[nH]c1C(F)(F)F. The van der Waals surface area contributed by atoms with Gasteiger partial charge in [0, 0.05) is 7.05 Å². The number of aliphatic carboxylic acids is 1. The van der Waals surface area contributed by atoms with E-state index >= 15 is 0 Å². The molecule has 0 aliphatic rings. The second-order valence-electron chi connectivity index (χ2n) is 3.21. The Morgan fingerprint density at radius 1 is 1.53 bits per heavy atom. The molecule has 0 fully saturated rings. The van der Waals surface area contributed by atoms with Crippen molar-refractivity contribution >= 4 is 11.9 Å². The molecule has 1 aromatic heterocycles. The number of likely N-dealkylation sites (N-methyl/N-ethyl adjacent to an activating group) is 1. The Morgan fingerprint density at radius 3 is 2.59 bits per heavy atom. The smallest absolute Gasteiger partial charge is 0.433 e. The molecular weight excluding hydrogens is 243 g/mol. The van der Waals surface area contributed by atoms with Crippen LogP contribution in [-0.2, 0) is 11.0 Å². The van der Waals surface area contributed by atoms with Gasteiger partial charge in [-0.05, 0) is 0 Å². The lowest BCUT2D eigenvalue weighted by Crippen LogP contribution is -2.33. The maximum Gasteiger partial charge on any atom is 0.433 e. The minimum Gasteiger partial charge on any atom is -0.480 e. The minimum absolute atomic E-state index is 0.655. The highest BCUT2D eigenvalue weighted by Gasteiger charge is 2.38. The van der Waals surface area contributed by atoms with Gasteiger partial charge in [0.1, 0.15) is 6.54 Å². The molecule has 94 valence electrons. The molecule has 0 aliphatic heterocycles. The molecule has 9 heteroatoms. The van der Waals surface area contributed by atoms with Crippen molar-refractivity contribution in [3.63, 3.8) is 0 Å². The largest absolute Gasteiger partial charge is 0.480 e. The zero-order valence-corrected chi connectivity index (χ0v) is 8.58. The third-order valence-corrected chi connectivity index (χ3v) is 1.87. The summed E-state index contributed by atoms with van der Waals surface area (Å²) in [6, 6.07) is 0. The number of carbonyl (C=O) groups excluding carboxylic acids is 1. The average molecular weight is 251 g/mol. The summed E-state index contributed by atoms with van der Waals surface area (Å²) in [5, 5.41) is 13.2. The van der Waals surface area contributed by atoms with E-state index in [9.17, 15) is 22.8 Å². The number of aromatic nitrogens is 2. The lowest BCUT2D eigenvalue weighted by atomic mass is 10.2. The van der Waals surface area contributed by atoms with Crippen molar-refractivity contribution < 1.29 is 27.9 Å². The number of aromatic amines is 1. The Kier molecular flexibility index (Phi) is 3.39. The standard InChI is InChI=1S/C8H8F3N3O3/c1-14(3-5(15)16)7(17)4-2-12-13-6(4)8(9,10)11/h2H,3H2,1H3,(H,12,13)(H,15,16). The van der Waals surface area contributed by atoms with Gasteiger partial charge in [-0.2, -0.15) is 18.3 Å². The van der Waals surface area contributed by atoms with Gasteiger partial charge in [-0.15, -0.1) is 0 Å². The molecule has 0 bridgehead atoms. The molecule has 0 radical (unpaired) electrons. The number of hydrogen-bond donors (Lipinski definition) is 2. The van der Waals surface area contributed by atoms with Crippen LogP contribution in [0.25, 0.3) is 0 Å². The van der Waals surface area contributed by atoms with Crippen LogP contribution in [0.1, 0.15) is 16.1 Å². The minimum atomic E-state index is -4.74. The van der Waals surface area contributed by atoms with Crippen LogP contribution in [-0.4, -0.2) is 45.7 Å². The second kappa shape index (κ2) is 4.44. The van der Waals surface area contributed by atoms with Gasteiger partial charge >= 0.3 is 12.1 Å². The Morgan fingerprint density at radius 2 is 2.12 bits per heavy atom. The molecule has 17 heavy (non-hydrogen) atoms. The Hall–Kier alpha value is -2.06. The predicted molar refractivity (Wildman–Crippen MR) is 48.2 cm³/mol. The van der Waals surface area contributed by atoms with Gasteiger partial charge in [0.2, 0.25) is 0 Å². The fraction of sp³-hybridized carbons (Fsp3) is 0.375. The third kappa shape index (κ3) is 2.95. The fourth-order valence-electron chi connectivity index (χ4n) is 1.14. The van der Waals surface area contributed by atoms with Crippen LogP contribution in [0.15, 0.2) is 6.20 Å². The van der Waals surface area contributed by atoms with E-state index in [0.717, 1.165) is 7.05 Å². The van der Waals surface area contributed by atoms with Crippen molar-refractivity contribution in [1.29, 1.82) is 0 Å². The summed E-state index contributed by atoms with van der Waals surface area (Å²) in [6.45, 7) is -0.693. The molecule has 6 nitrogen and oxygen atoms in total. The highest BCUT2D eigenvalue weighted by Crippen LogP contribution is 2.30. The zero-order valence-electron chi connectivity index (χ0n) is 8.58. The Bertz CT molecular complexity index is 441. The first-order chi connectivity index (χ1) is 7.73. The molecule has 1 aromatic rings. The summed E-state index contributed by atoms with van der Waals surface area (Å²) < 4.78 is 37.2. The maximum atomic E-state index is 12.4. The first-order valence-electron chi connectivity index (χ1n) is 4.31. The number of carbonyl (C=O) groups is 2. The van der Waals surface area contributed by atoms with E-state index in [0.29, 0.717) is 11.1 Å². The van der Waals surface area contributed by atoms with E-state index in [2.05, 4.69) is 5.10 Å². The number of nitrogens with zero attached hydrogens (tertiary/aromatic N) is 2. The quantitative estimate of drug-likeness (QED) is 0.822. The summed E-state index contributed by atoms with van der Waals surface area (Å²) in [5.74, 6) is -2.38. The van der Waals surface area contributed by atoms with Gasteiger partial charge in [-0.3, -0.25) is 14.7 Å². The second-order valence-corrected chi connectivity index (χ2v) is 3.21. The van der Waals surface area contributed by atoms with E-state index in [4.69, 9.17) is 5.11 Å². The summed E-state index contributed by atoms with van der Waals surface area (Å²) in [4.78, 5) is 22.5. The molecule has 1 amide bonds. The highest BCUT2D eigenvalue weighted by atomic mass is 19.4. The van der Waals surface area contributed by atoms with E-state index in [-0.39, 0.29) is 0 Å². The number of hydrogen-bond acceptors (Lipinski definition) is 3. The molecule has 0 unspecified atom stereocenters. The van der Waals surface area contributed by atoms with Gasteiger partial charge in [0.15, 0.2) is 5.69 Å². The van der Waals surface area contributed by atoms with Gasteiger partial charge in [-0.1, -0.05) is 0 Å². The number of carboxylic acids is 1.